The number of aliphatic imine (C=N–C) groups is 2. The molecule has 0 spiro atoms. The van der Waals surface area contributed by atoms with Crippen LogP contribution >= 0.6 is 11.3 Å². The van der Waals surface area contributed by atoms with Gasteiger partial charge in [0, 0.05) is 31.4 Å². The molecule has 0 radical (unpaired) electrons. The smallest absolute Gasteiger partial charge is 0.161 e. The quantitative estimate of drug-likeness (QED) is 0.100. The van der Waals surface area contributed by atoms with Gasteiger partial charge in [-0.05, 0) is 79.7 Å². The molecule has 0 N–H and O–H groups in total. The molecule has 2 nitrogen and oxygen atoms in total. The van der Waals surface area contributed by atoms with Crippen LogP contribution < -0.4 is 0 Å². The van der Waals surface area contributed by atoms with Crippen molar-refractivity contribution in [1.29, 1.82) is 0 Å². The van der Waals surface area contributed by atoms with E-state index < -0.39 is 0 Å². The number of hydrogen-bond acceptors (Lipinski definition) is 2. The number of rotatable bonds is 5. The molecule has 9 rings (SSSR count). The van der Waals surface area contributed by atoms with Crippen LogP contribution in [0.15, 0.2) is 180 Å². The highest BCUT2D eigenvalue weighted by Crippen LogP contribution is 2.41. The van der Waals surface area contributed by atoms with Crippen molar-refractivity contribution in [2.45, 2.75) is 6.92 Å². The Morgan fingerprint density at radius 2 is 0.980 bits per heavy atom. The molecule has 8 aromatic carbocycles. The Labute approximate surface area is 295 Å². The summed E-state index contributed by atoms with van der Waals surface area (Å²) in [6, 6.07) is 58.1. The molecule has 9 aromatic rings. The summed E-state index contributed by atoms with van der Waals surface area (Å²) in [5, 5.41) is 10.2. The van der Waals surface area contributed by atoms with E-state index in [1.54, 1.807) is 11.3 Å². The maximum absolute atomic E-state index is 5.16. The average Bonchev–Trinajstić information content (AvgIpc) is 3.56. The zero-order valence-electron chi connectivity index (χ0n) is 27.6. The van der Waals surface area contributed by atoms with Gasteiger partial charge < -0.3 is 0 Å². The summed E-state index contributed by atoms with van der Waals surface area (Å²) in [4.78, 5) is 10.2. The lowest BCUT2D eigenvalue weighted by atomic mass is 9.92. The van der Waals surface area contributed by atoms with Crippen molar-refractivity contribution in [3.05, 3.63) is 187 Å². The van der Waals surface area contributed by atoms with Gasteiger partial charge in [-0.3, -0.25) is 0 Å². The highest BCUT2D eigenvalue weighted by molar-refractivity contribution is 7.26. The van der Waals surface area contributed by atoms with Crippen LogP contribution in [0.1, 0.15) is 23.6 Å². The monoisotopic (exact) mass is 656 g/mol. The Morgan fingerprint density at radius 1 is 0.460 bits per heavy atom. The number of hydrogen-bond donors (Lipinski definition) is 0. The SMILES string of the molecule is C=C(/N=C(\N=C(/C)c1ccccc1)c1cccc2c1sc1cc(-c3ccc4c5ccccc5c5ccccc5c4c3)ccc12)c1ccccc1. The summed E-state index contributed by atoms with van der Waals surface area (Å²) in [5.74, 6) is 0.659. The first-order valence-electron chi connectivity index (χ1n) is 16.9. The summed E-state index contributed by atoms with van der Waals surface area (Å²) in [5.41, 5.74) is 7.04. The van der Waals surface area contributed by atoms with Gasteiger partial charge in [0.05, 0.1) is 5.70 Å². The summed E-state index contributed by atoms with van der Waals surface area (Å²) in [6.45, 7) is 6.39. The third-order valence-electron chi connectivity index (χ3n) is 9.63. The number of amidine groups is 1. The van der Waals surface area contributed by atoms with E-state index in [9.17, 15) is 0 Å². The Balaban J connectivity index is 1.20. The van der Waals surface area contributed by atoms with E-state index in [4.69, 9.17) is 9.98 Å². The van der Waals surface area contributed by atoms with Crippen molar-refractivity contribution in [1.82, 2.24) is 0 Å². The van der Waals surface area contributed by atoms with Gasteiger partial charge in [0.25, 0.3) is 0 Å². The minimum absolute atomic E-state index is 0.659. The summed E-state index contributed by atoms with van der Waals surface area (Å²) in [7, 11) is 0. The summed E-state index contributed by atoms with van der Waals surface area (Å²) >= 11 is 1.80. The number of nitrogens with zero attached hydrogens (tertiary/aromatic N) is 2. The molecule has 0 aliphatic rings. The fourth-order valence-corrected chi connectivity index (χ4v) is 8.36. The second-order valence-corrected chi connectivity index (χ2v) is 13.7. The molecule has 0 aliphatic heterocycles. The van der Waals surface area contributed by atoms with Crippen molar-refractivity contribution in [3.63, 3.8) is 0 Å². The Bertz CT molecular complexity index is 2790. The molecule has 3 heteroatoms. The minimum Gasteiger partial charge on any atom is -0.233 e. The molecule has 0 bridgehead atoms. The first kappa shape index (κ1) is 29.9. The lowest BCUT2D eigenvalue weighted by molar-refractivity contribution is 1.45. The molecule has 0 aliphatic carbocycles. The maximum atomic E-state index is 5.16. The van der Waals surface area contributed by atoms with E-state index in [2.05, 4.69) is 122 Å². The largest absolute Gasteiger partial charge is 0.233 e. The van der Waals surface area contributed by atoms with Crippen molar-refractivity contribution in [3.8, 4) is 11.1 Å². The Hall–Kier alpha value is -6.16. The first-order valence-corrected chi connectivity index (χ1v) is 17.7. The van der Waals surface area contributed by atoms with Crippen molar-refractivity contribution < 1.29 is 0 Å². The average molecular weight is 657 g/mol. The van der Waals surface area contributed by atoms with Crippen LogP contribution in [0.3, 0.4) is 0 Å². The lowest BCUT2D eigenvalue weighted by Gasteiger charge is -2.12. The maximum Gasteiger partial charge on any atom is 0.161 e. The van der Waals surface area contributed by atoms with Gasteiger partial charge in [-0.1, -0.05) is 152 Å². The van der Waals surface area contributed by atoms with Gasteiger partial charge in [0.2, 0.25) is 0 Å². The Morgan fingerprint density at radius 3 is 1.64 bits per heavy atom. The van der Waals surface area contributed by atoms with Gasteiger partial charge in [-0.2, -0.15) is 0 Å². The standard InChI is InChI=1S/C47H32N2S/c1-30(32-14-5-3-6-15-32)48-47(49-31(2)33-16-7-4-8-17-33)43-23-13-22-42-41-27-25-35(29-45(41)50-46(42)43)34-24-26-40-38-20-10-9-18-36(38)37-19-11-12-21-39(37)44(40)28-34/h3-29H,1H2,2H3/b48-47-,49-31+. The number of fused-ring (bicyclic) bond motifs is 9. The molecular formula is C47H32N2S. The molecule has 0 atom stereocenters. The molecule has 50 heavy (non-hydrogen) atoms. The van der Waals surface area contributed by atoms with Gasteiger partial charge in [0.1, 0.15) is 0 Å². The lowest BCUT2D eigenvalue weighted by Crippen LogP contribution is -2.04. The second kappa shape index (κ2) is 12.4. The van der Waals surface area contributed by atoms with Gasteiger partial charge >= 0.3 is 0 Å². The molecule has 1 aromatic heterocycles. The second-order valence-electron chi connectivity index (χ2n) is 12.7. The van der Waals surface area contributed by atoms with Crippen LogP contribution in [-0.4, -0.2) is 11.5 Å². The van der Waals surface area contributed by atoms with E-state index in [0.717, 1.165) is 22.4 Å². The fraction of sp³-hybridized carbons (Fsp3) is 0.0213. The molecule has 1 heterocycles. The van der Waals surface area contributed by atoms with E-state index in [0.29, 0.717) is 11.5 Å². The zero-order chi connectivity index (χ0) is 33.6. The highest BCUT2D eigenvalue weighted by Gasteiger charge is 2.16. The van der Waals surface area contributed by atoms with E-state index in [1.165, 1.54) is 63.6 Å². The highest BCUT2D eigenvalue weighted by atomic mass is 32.1. The molecule has 0 fully saturated rings. The predicted molar refractivity (Wildman–Crippen MR) is 218 cm³/mol. The normalized spacial score (nSPS) is 12.4. The molecule has 0 unspecified atom stereocenters. The minimum atomic E-state index is 0.659. The van der Waals surface area contributed by atoms with E-state index >= 15 is 0 Å². The van der Waals surface area contributed by atoms with Crippen LogP contribution in [-0.2, 0) is 0 Å². The summed E-state index contributed by atoms with van der Waals surface area (Å²) in [6.07, 6.45) is 0. The molecule has 236 valence electrons. The molecule has 0 saturated carbocycles. The van der Waals surface area contributed by atoms with Gasteiger partial charge in [0.15, 0.2) is 5.84 Å². The number of thiophene rings is 1. The number of benzene rings is 8. The van der Waals surface area contributed by atoms with E-state index in [-0.39, 0.29) is 0 Å². The fourth-order valence-electron chi connectivity index (χ4n) is 7.11. The third kappa shape index (κ3) is 5.20. The first-order chi connectivity index (χ1) is 24.6. The van der Waals surface area contributed by atoms with Crippen LogP contribution in [0.5, 0.6) is 0 Å². The molecule has 0 amide bonds. The Kier molecular flexibility index (Phi) is 7.41. The van der Waals surface area contributed by atoms with Crippen molar-refractivity contribution in [2.75, 3.05) is 0 Å². The predicted octanol–water partition coefficient (Wildman–Crippen LogP) is 13.1. The van der Waals surface area contributed by atoms with Gasteiger partial charge in [-0.25, -0.2) is 9.98 Å². The van der Waals surface area contributed by atoms with Crippen LogP contribution in [0, 0.1) is 0 Å². The molecule has 0 saturated heterocycles. The van der Waals surface area contributed by atoms with Crippen molar-refractivity contribution >= 4 is 81.1 Å². The molecular weight excluding hydrogens is 625 g/mol. The van der Waals surface area contributed by atoms with E-state index in [1.807, 2.05) is 55.5 Å². The topological polar surface area (TPSA) is 24.7 Å². The van der Waals surface area contributed by atoms with Gasteiger partial charge in [-0.15, -0.1) is 11.3 Å². The van der Waals surface area contributed by atoms with Crippen LogP contribution in [0.2, 0.25) is 0 Å². The zero-order valence-corrected chi connectivity index (χ0v) is 28.4. The third-order valence-corrected chi connectivity index (χ3v) is 10.8. The van der Waals surface area contributed by atoms with Crippen molar-refractivity contribution in [2.24, 2.45) is 9.98 Å². The van der Waals surface area contributed by atoms with Crippen LogP contribution in [0.4, 0.5) is 0 Å². The summed E-state index contributed by atoms with van der Waals surface area (Å²) < 4.78 is 2.40. The van der Waals surface area contributed by atoms with Crippen LogP contribution in [0.25, 0.3) is 69.3 Å².